The first-order valence-corrected chi connectivity index (χ1v) is 11.5. The van der Waals surface area contributed by atoms with Gasteiger partial charge in [-0.05, 0) is 92.7 Å². The predicted molar refractivity (Wildman–Crippen MR) is 131 cm³/mol. The van der Waals surface area contributed by atoms with Gasteiger partial charge in [0.1, 0.15) is 0 Å². The summed E-state index contributed by atoms with van der Waals surface area (Å²) >= 11 is 6.93. The Hall–Kier alpha value is -3.29. The highest BCUT2D eigenvalue weighted by Crippen LogP contribution is 2.37. The van der Waals surface area contributed by atoms with Crippen molar-refractivity contribution in [1.82, 2.24) is 4.57 Å². The van der Waals surface area contributed by atoms with Crippen LogP contribution < -0.4 is 4.90 Å². The molecule has 0 N–H and O–H groups in total. The molecule has 33 heavy (non-hydrogen) atoms. The van der Waals surface area contributed by atoms with Gasteiger partial charge in [-0.15, -0.1) is 0 Å². The summed E-state index contributed by atoms with van der Waals surface area (Å²) in [6.45, 7) is 5.99. The van der Waals surface area contributed by atoms with Crippen molar-refractivity contribution >= 4 is 52.2 Å². The molecule has 0 aliphatic carbocycles. The number of halogens is 1. The molecule has 1 aromatic heterocycles. The van der Waals surface area contributed by atoms with Crippen molar-refractivity contribution in [2.24, 2.45) is 0 Å². The quantitative estimate of drug-likeness (QED) is 0.323. The second kappa shape index (κ2) is 9.29. The Morgan fingerprint density at radius 3 is 2.45 bits per heavy atom. The van der Waals surface area contributed by atoms with E-state index in [-0.39, 0.29) is 17.1 Å². The Balaban J connectivity index is 1.64. The first-order chi connectivity index (χ1) is 15.8. The number of nitrogens with zero attached hydrogens (tertiary/aromatic N) is 2. The fraction of sp³-hybridized carbons (Fsp3) is 0.160. The SMILES string of the molecule is CCOC(=O)c1ccc(-n2c(C)cc(/C=C3/SC(=O)N(c4cccc(Cl)c4)C3=O)c2C)cc1. The molecule has 0 unspecified atom stereocenters. The van der Waals surface area contributed by atoms with E-state index in [0.717, 1.165) is 39.3 Å². The first kappa shape index (κ1) is 22.9. The van der Waals surface area contributed by atoms with Gasteiger partial charge in [-0.25, -0.2) is 9.69 Å². The number of carbonyl (C=O) groups is 3. The lowest BCUT2D eigenvalue weighted by Crippen LogP contribution is -2.27. The molecule has 1 fully saturated rings. The van der Waals surface area contributed by atoms with Crippen molar-refractivity contribution in [2.75, 3.05) is 11.5 Å². The minimum atomic E-state index is -0.379. The lowest BCUT2D eigenvalue weighted by Gasteiger charge is -2.12. The Labute approximate surface area is 200 Å². The average Bonchev–Trinajstić information content (AvgIpc) is 3.22. The molecule has 0 bridgehead atoms. The molecule has 0 atom stereocenters. The number of anilines is 1. The zero-order valence-corrected chi connectivity index (χ0v) is 19.9. The van der Waals surface area contributed by atoms with Gasteiger partial charge in [0.2, 0.25) is 0 Å². The molecular formula is C25H21ClN2O4S. The summed E-state index contributed by atoms with van der Waals surface area (Å²) in [5, 5.41) is 0.0879. The fourth-order valence-corrected chi connectivity index (χ4v) is 4.76. The summed E-state index contributed by atoms with van der Waals surface area (Å²) in [5.41, 5.74) is 4.50. The van der Waals surface area contributed by atoms with Crippen LogP contribution in [0, 0.1) is 13.8 Å². The number of thioether (sulfide) groups is 1. The van der Waals surface area contributed by atoms with Crippen LogP contribution in [0.2, 0.25) is 5.02 Å². The van der Waals surface area contributed by atoms with Gasteiger partial charge in [0.25, 0.3) is 11.1 Å². The molecule has 1 aliphatic heterocycles. The zero-order valence-electron chi connectivity index (χ0n) is 18.3. The van der Waals surface area contributed by atoms with Crippen molar-refractivity contribution in [2.45, 2.75) is 20.8 Å². The van der Waals surface area contributed by atoms with E-state index in [1.54, 1.807) is 49.4 Å². The number of amides is 2. The Morgan fingerprint density at radius 2 is 1.79 bits per heavy atom. The van der Waals surface area contributed by atoms with Crippen LogP contribution in [0.1, 0.15) is 34.2 Å². The summed E-state index contributed by atoms with van der Waals surface area (Å²) in [7, 11) is 0. The monoisotopic (exact) mass is 480 g/mol. The normalized spacial score (nSPS) is 14.9. The molecule has 168 valence electrons. The number of aryl methyl sites for hydroxylation is 1. The number of benzene rings is 2. The number of rotatable bonds is 5. The Bertz CT molecular complexity index is 1290. The maximum absolute atomic E-state index is 13.0. The lowest BCUT2D eigenvalue weighted by atomic mass is 10.2. The molecule has 2 aromatic carbocycles. The van der Waals surface area contributed by atoms with E-state index in [4.69, 9.17) is 16.3 Å². The number of hydrogen-bond donors (Lipinski definition) is 0. The molecule has 1 aliphatic rings. The van der Waals surface area contributed by atoms with E-state index in [9.17, 15) is 14.4 Å². The largest absolute Gasteiger partial charge is 0.462 e. The fourth-order valence-electron chi connectivity index (χ4n) is 3.74. The number of imide groups is 1. The van der Waals surface area contributed by atoms with Crippen molar-refractivity contribution in [3.63, 3.8) is 0 Å². The molecule has 8 heteroatoms. The van der Waals surface area contributed by atoms with Crippen LogP contribution in [0.5, 0.6) is 0 Å². The van der Waals surface area contributed by atoms with E-state index < -0.39 is 0 Å². The molecule has 6 nitrogen and oxygen atoms in total. The molecule has 0 radical (unpaired) electrons. The standard InChI is InChI=1S/C25H21ClN2O4S/c1-4-32-24(30)17-8-10-20(11-9-17)27-15(2)12-18(16(27)3)13-22-23(29)28(25(31)33-22)21-7-5-6-19(26)14-21/h5-14H,4H2,1-3H3/b22-13+. The maximum Gasteiger partial charge on any atom is 0.338 e. The summed E-state index contributed by atoms with van der Waals surface area (Å²) < 4.78 is 7.07. The van der Waals surface area contributed by atoms with Crippen LogP contribution in [0.3, 0.4) is 0 Å². The third-order valence-electron chi connectivity index (χ3n) is 5.25. The molecule has 1 saturated heterocycles. The molecule has 3 aromatic rings. The minimum absolute atomic E-state index is 0.322. The smallest absolute Gasteiger partial charge is 0.338 e. The molecule has 4 rings (SSSR count). The van der Waals surface area contributed by atoms with Gasteiger partial charge < -0.3 is 9.30 Å². The van der Waals surface area contributed by atoms with E-state index in [1.807, 2.05) is 36.6 Å². The number of aromatic nitrogens is 1. The summed E-state index contributed by atoms with van der Waals surface area (Å²) in [6.07, 6.45) is 1.74. The van der Waals surface area contributed by atoms with Crippen molar-refractivity contribution in [1.29, 1.82) is 0 Å². The lowest BCUT2D eigenvalue weighted by molar-refractivity contribution is -0.113. The molecule has 2 amide bonds. The first-order valence-electron chi connectivity index (χ1n) is 10.3. The summed E-state index contributed by atoms with van der Waals surface area (Å²) in [5.74, 6) is -0.739. The Kier molecular flexibility index (Phi) is 6.44. The van der Waals surface area contributed by atoms with Crippen LogP contribution in [0.25, 0.3) is 11.8 Å². The van der Waals surface area contributed by atoms with Crippen molar-refractivity contribution < 1.29 is 19.1 Å². The maximum atomic E-state index is 13.0. The zero-order chi connectivity index (χ0) is 23.7. The van der Waals surface area contributed by atoms with Gasteiger partial charge in [0, 0.05) is 22.1 Å². The number of esters is 1. The topological polar surface area (TPSA) is 68.6 Å². The highest BCUT2D eigenvalue weighted by Gasteiger charge is 2.36. The number of carbonyl (C=O) groups excluding carboxylic acids is 3. The number of ether oxygens (including phenoxy) is 1. The molecule has 2 heterocycles. The van der Waals surface area contributed by atoms with E-state index in [1.165, 1.54) is 0 Å². The molecule has 0 spiro atoms. The van der Waals surface area contributed by atoms with Gasteiger partial charge >= 0.3 is 5.97 Å². The van der Waals surface area contributed by atoms with E-state index in [0.29, 0.717) is 27.8 Å². The van der Waals surface area contributed by atoms with Gasteiger partial charge in [-0.2, -0.15) is 0 Å². The van der Waals surface area contributed by atoms with Crippen LogP contribution in [0.15, 0.2) is 59.5 Å². The third-order valence-corrected chi connectivity index (χ3v) is 6.36. The highest BCUT2D eigenvalue weighted by molar-refractivity contribution is 8.19. The van der Waals surface area contributed by atoms with Crippen LogP contribution in [0.4, 0.5) is 10.5 Å². The van der Waals surface area contributed by atoms with Gasteiger partial charge in [0.15, 0.2) is 0 Å². The van der Waals surface area contributed by atoms with Gasteiger partial charge in [0.05, 0.1) is 22.8 Å². The van der Waals surface area contributed by atoms with E-state index >= 15 is 0 Å². The highest BCUT2D eigenvalue weighted by atomic mass is 35.5. The van der Waals surface area contributed by atoms with Crippen molar-refractivity contribution in [3.8, 4) is 5.69 Å². The van der Waals surface area contributed by atoms with Crippen LogP contribution in [-0.4, -0.2) is 28.3 Å². The average molecular weight is 481 g/mol. The van der Waals surface area contributed by atoms with Crippen LogP contribution in [-0.2, 0) is 9.53 Å². The van der Waals surface area contributed by atoms with Crippen LogP contribution >= 0.6 is 23.4 Å². The summed E-state index contributed by atoms with van der Waals surface area (Å²) in [4.78, 5) is 38.9. The Morgan fingerprint density at radius 1 is 1.06 bits per heavy atom. The molecular weight excluding hydrogens is 460 g/mol. The van der Waals surface area contributed by atoms with Crippen molar-refractivity contribution in [3.05, 3.63) is 87.0 Å². The van der Waals surface area contributed by atoms with Gasteiger partial charge in [-0.3, -0.25) is 9.59 Å². The number of hydrogen-bond acceptors (Lipinski definition) is 5. The molecule has 0 saturated carbocycles. The minimum Gasteiger partial charge on any atom is -0.462 e. The van der Waals surface area contributed by atoms with Gasteiger partial charge in [-0.1, -0.05) is 17.7 Å². The predicted octanol–water partition coefficient (Wildman–Crippen LogP) is 6.17. The second-order valence-corrected chi connectivity index (χ2v) is 8.86. The van der Waals surface area contributed by atoms with E-state index in [2.05, 4.69) is 0 Å². The second-order valence-electron chi connectivity index (χ2n) is 7.43. The summed E-state index contributed by atoms with van der Waals surface area (Å²) in [6, 6.07) is 15.8. The third kappa shape index (κ3) is 4.47.